The summed E-state index contributed by atoms with van der Waals surface area (Å²) < 4.78 is 0. The van der Waals surface area contributed by atoms with E-state index in [0.717, 1.165) is 6.54 Å². The SMILES string of the molecule is CC(CN)CSCCCCc1ccccc1. The first-order valence-corrected chi connectivity index (χ1v) is 7.30. The summed E-state index contributed by atoms with van der Waals surface area (Å²) in [7, 11) is 0. The van der Waals surface area contributed by atoms with Gasteiger partial charge in [-0.1, -0.05) is 37.3 Å². The molecule has 90 valence electrons. The number of thioether (sulfide) groups is 1. The Balaban J connectivity index is 1.96. The van der Waals surface area contributed by atoms with E-state index in [-0.39, 0.29) is 0 Å². The number of benzene rings is 1. The van der Waals surface area contributed by atoms with Gasteiger partial charge in [0.05, 0.1) is 0 Å². The molecule has 16 heavy (non-hydrogen) atoms. The van der Waals surface area contributed by atoms with Crippen molar-refractivity contribution >= 4 is 11.8 Å². The van der Waals surface area contributed by atoms with Gasteiger partial charge in [-0.3, -0.25) is 0 Å². The van der Waals surface area contributed by atoms with E-state index in [1.807, 2.05) is 11.8 Å². The number of unbranched alkanes of at least 4 members (excludes halogenated alkanes) is 1. The molecule has 0 fully saturated rings. The molecule has 1 unspecified atom stereocenters. The van der Waals surface area contributed by atoms with Crippen LogP contribution in [0.2, 0.25) is 0 Å². The zero-order chi connectivity index (χ0) is 11.6. The van der Waals surface area contributed by atoms with E-state index in [1.54, 1.807) is 0 Å². The van der Waals surface area contributed by atoms with Gasteiger partial charge in [-0.2, -0.15) is 11.8 Å². The van der Waals surface area contributed by atoms with Crippen LogP contribution in [-0.2, 0) is 6.42 Å². The quantitative estimate of drug-likeness (QED) is 0.702. The molecule has 2 heteroatoms. The summed E-state index contributed by atoms with van der Waals surface area (Å²) in [5.41, 5.74) is 7.04. The standard InChI is InChI=1S/C14H23NS/c1-13(11-15)12-16-10-6-5-9-14-7-3-2-4-8-14/h2-4,7-8,13H,5-6,9-12,15H2,1H3. The van der Waals surface area contributed by atoms with Gasteiger partial charge >= 0.3 is 0 Å². The Morgan fingerprint density at radius 2 is 1.94 bits per heavy atom. The molecule has 1 rings (SSSR count). The first-order chi connectivity index (χ1) is 7.83. The summed E-state index contributed by atoms with van der Waals surface area (Å²) >= 11 is 2.04. The molecular weight excluding hydrogens is 214 g/mol. The monoisotopic (exact) mass is 237 g/mol. The Bertz CT molecular complexity index is 261. The molecule has 0 bridgehead atoms. The molecule has 1 aromatic rings. The van der Waals surface area contributed by atoms with Crippen LogP contribution in [0.4, 0.5) is 0 Å². The van der Waals surface area contributed by atoms with E-state index < -0.39 is 0 Å². The first-order valence-electron chi connectivity index (χ1n) is 6.14. The molecule has 0 saturated heterocycles. The minimum absolute atomic E-state index is 0.666. The minimum Gasteiger partial charge on any atom is -0.330 e. The summed E-state index contributed by atoms with van der Waals surface area (Å²) in [5, 5.41) is 0. The van der Waals surface area contributed by atoms with Crippen molar-refractivity contribution < 1.29 is 0 Å². The molecular formula is C14H23NS. The fraction of sp³-hybridized carbons (Fsp3) is 0.571. The zero-order valence-corrected chi connectivity index (χ0v) is 11.0. The highest BCUT2D eigenvalue weighted by Gasteiger charge is 1.98. The van der Waals surface area contributed by atoms with Crippen molar-refractivity contribution in [3.63, 3.8) is 0 Å². The largest absolute Gasteiger partial charge is 0.330 e. The predicted molar refractivity (Wildman–Crippen MR) is 74.9 cm³/mol. The van der Waals surface area contributed by atoms with Gasteiger partial charge in [-0.05, 0) is 48.8 Å². The van der Waals surface area contributed by atoms with Crippen LogP contribution < -0.4 is 5.73 Å². The van der Waals surface area contributed by atoms with Crippen LogP contribution in [0.15, 0.2) is 30.3 Å². The average Bonchev–Trinajstić information content (AvgIpc) is 2.34. The maximum absolute atomic E-state index is 5.58. The first kappa shape index (κ1) is 13.6. The summed E-state index contributed by atoms with van der Waals surface area (Å²) in [6.45, 7) is 3.04. The van der Waals surface area contributed by atoms with Crippen molar-refractivity contribution in [2.45, 2.75) is 26.2 Å². The van der Waals surface area contributed by atoms with Crippen LogP contribution in [0.1, 0.15) is 25.3 Å². The van der Waals surface area contributed by atoms with E-state index in [9.17, 15) is 0 Å². The van der Waals surface area contributed by atoms with Crippen molar-refractivity contribution in [2.24, 2.45) is 11.7 Å². The van der Waals surface area contributed by atoms with Crippen LogP contribution >= 0.6 is 11.8 Å². The van der Waals surface area contributed by atoms with Gasteiger partial charge in [0, 0.05) is 0 Å². The lowest BCUT2D eigenvalue weighted by Gasteiger charge is -2.07. The molecule has 1 atom stereocenters. The molecule has 0 aromatic heterocycles. The highest BCUT2D eigenvalue weighted by molar-refractivity contribution is 7.99. The number of aryl methyl sites for hydroxylation is 1. The maximum Gasteiger partial charge on any atom is -0.00297 e. The highest BCUT2D eigenvalue weighted by atomic mass is 32.2. The molecule has 0 saturated carbocycles. The van der Waals surface area contributed by atoms with E-state index in [0.29, 0.717) is 5.92 Å². The second kappa shape index (κ2) is 8.66. The van der Waals surface area contributed by atoms with Crippen molar-refractivity contribution in [1.29, 1.82) is 0 Å². The second-order valence-electron chi connectivity index (χ2n) is 4.36. The van der Waals surface area contributed by atoms with Gasteiger partial charge in [0.1, 0.15) is 0 Å². The van der Waals surface area contributed by atoms with E-state index in [2.05, 4.69) is 37.3 Å². The molecule has 0 spiro atoms. The van der Waals surface area contributed by atoms with Gasteiger partial charge in [-0.25, -0.2) is 0 Å². The van der Waals surface area contributed by atoms with Crippen LogP contribution in [0.5, 0.6) is 0 Å². The molecule has 1 aromatic carbocycles. The predicted octanol–water partition coefficient (Wildman–Crippen LogP) is 3.34. The molecule has 1 nitrogen and oxygen atoms in total. The molecule has 0 radical (unpaired) electrons. The van der Waals surface area contributed by atoms with E-state index in [4.69, 9.17) is 5.73 Å². The van der Waals surface area contributed by atoms with Gasteiger partial charge in [-0.15, -0.1) is 0 Å². The van der Waals surface area contributed by atoms with Crippen molar-refractivity contribution in [1.82, 2.24) is 0 Å². The van der Waals surface area contributed by atoms with Crippen LogP contribution in [0.25, 0.3) is 0 Å². The van der Waals surface area contributed by atoms with Crippen molar-refractivity contribution in [2.75, 3.05) is 18.1 Å². The van der Waals surface area contributed by atoms with Gasteiger partial charge < -0.3 is 5.73 Å². The maximum atomic E-state index is 5.58. The second-order valence-corrected chi connectivity index (χ2v) is 5.51. The topological polar surface area (TPSA) is 26.0 Å². The lowest BCUT2D eigenvalue weighted by molar-refractivity contribution is 0.674. The summed E-state index contributed by atoms with van der Waals surface area (Å²) in [5.74, 6) is 3.15. The Morgan fingerprint density at radius 1 is 1.19 bits per heavy atom. The fourth-order valence-electron chi connectivity index (χ4n) is 1.53. The fourth-order valence-corrected chi connectivity index (χ4v) is 2.64. The van der Waals surface area contributed by atoms with Crippen LogP contribution in [0, 0.1) is 5.92 Å². The number of hydrogen-bond donors (Lipinski definition) is 1. The van der Waals surface area contributed by atoms with Crippen LogP contribution in [0.3, 0.4) is 0 Å². The normalized spacial score (nSPS) is 12.6. The summed E-state index contributed by atoms with van der Waals surface area (Å²) in [6, 6.07) is 10.7. The minimum atomic E-state index is 0.666. The Labute approximate surface area is 104 Å². The van der Waals surface area contributed by atoms with Crippen molar-refractivity contribution in [3.05, 3.63) is 35.9 Å². The summed E-state index contributed by atoms with van der Waals surface area (Å²) in [6.07, 6.45) is 3.83. The Kier molecular flexibility index (Phi) is 7.35. The van der Waals surface area contributed by atoms with Gasteiger partial charge in [0.25, 0.3) is 0 Å². The van der Waals surface area contributed by atoms with Crippen molar-refractivity contribution in [3.8, 4) is 0 Å². The lowest BCUT2D eigenvalue weighted by Crippen LogP contribution is -2.12. The molecule has 0 aliphatic carbocycles. The zero-order valence-electron chi connectivity index (χ0n) is 10.2. The molecule has 2 N–H and O–H groups in total. The molecule has 0 aliphatic rings. The average molecular weight is 237 g/mol. The van der Waals surface area contributed by atoms with Crippen LogP contribution in [-0.4, -0.2) is 18.1 Å². The Morgan fingerprint density at radius 3 is 2.62 bits per heavy atom. The number of hydrogen-bond acceptors (Lipinski definition) is 2. The lowest BCUT2D eigenvalue weighted by atomic mass is 10.1. The number of nitrogens with two attached hydrogens (primary N) is 1. The third-order valence-corrected chi connectivity index (χ3v) is 4.03. The Hall–Kier alpha value is -0.470. The van der Waals surface area contributed by atoms with E-state index >= 15 is 0 Å². The molecule has 0 aliphatic heterocycles. The van der Waals surface area contributed by atoms with Gasteiger partial charge in [0.2, 0.25) is 0 Å². The number of rotatable bonds is 8. The molecule has 0 heterocycles. The smallest absolute Gasteiger partial charge is 0.00297 e. The third kappa shape index (κ3) is 6.19. The summed E-state index contributed by atoms with van der Waals surface area (Å²) in [4.78, 5) is 0. The van der Waals surface area contributed by atoms with Gasteiger partial charge in [0.15, 0.2) is 0 Å². The highest BCUT2D eigenvalue weighted by Crippen LogP contribution is 2.11. The third-order valence-electron chi connectivity index (χ3n) is 2.65. The molecule has 0 amide bonds. The van der Waals surface area contributed by atoms with E-state index in [1.165, 1.54) is 36.3 Å².